The van der Waals surface area contributed by atoms with Crippen LogP contribution in [0.4, 0.5) is 0 Å². The maximum atomic E-state index is 6.17. The molecule has 4 heteroatoms. The van der Waals surface area contributed by atoms with Crippen molar-refractivity contribution in [2.24, 2.45) is 0 Å². The summed E-state index contributed by atoms with van der Waals surface area (Å²) in [5.74, 6) is 0.917. The Hall–Kier alpha value is -0.770. The number of methoxy groups -OCH3 is 1. The average molecular weight is 270 g/mol. The molecule has 1 atom stereocenters. The zero-order valence-corrected chi connectivity index (χ0v) is 11.7. The fraction of sp³-hybridized carbons (Fsp3) is 0.571. The maximum absolute atomic E-state index is 6.17. The van der Waals surface area contributed by atoms with E-state index in [2.05, 4.69) is 5.32 Å². The molecule has 0 bridgehead atoms. The zero-order chi connectivity index (χ0) is 13.0. The van der Waals surface area contributed by atoms with E-state index in [9.17, 15) is 0 Å². The lowest BCUT2D eigenvalue weighted by Gasteiger charge is -2.23. The quantitative estimate of drug-likeness (QED) is 0.911. The van der Waals surface area contributed by atoms with Gasteiger partial charge in [0.05, 0.1) is 19.8 Å². The molecule has 1 aliphatic rings. The summed E-state index contributed by atoms with van der Waals surface area (Å²) in [6.07, 6.45) is 2.21. The highest BCUT2D eigenvalue weighted by atomic mass is 35.5. The normalized spacial score (nSPS) is 19.8. The van der Waals surface area contributed by atoms with Gasteiger partial charge in [-0.05, 0) is 43.0 Å². The first-order chi connectivity index (χ1) is 8.70. The van der Waals surface area contributed by atoms with E-state index in [-0.39, 0.29) is 0 Å². The molecule has 2 rings (SSSR count). The Morgan fingerprint density at radius 1 is 1.50 bits per heavy atom. The van der Waals surface area contributed by atoms with Gasteiger partial charge in [0.25, 0.3) is 0 Å². The van der Waals surface area contributed by atoms with E-state index < -0.39 is 0 Å². The Kier molecular flexibility index (Phi) is 4.87. The van der Waals surface area contributed by atoms with Crippen LogP contribution in [0.3, 0.4) is 0 Å². The fourth-order valence-corrected chi connectivity index (χ4v) is 2.39. The highest BCUT2D eigenvalue weighted by Crippen LogP contribution is 2.28. The number of hydrogen-bond donors (Lipinski definition) is 1. The van der Waals surface area contributed by atoms with Gasteiger partial charge in [-0.15, -0.1) is 0 Å². The van der Waals surface area contributed by atoms with Gasteiger partial charge in [0.1, 0.15) is 5.75 Å². The molecule has 1 unspecified atom stereocenters. The molecule has 0 spiro atoms. The summed E-state index contributed by atoms with van der Waals surface area (Å²) in [5, 5.41) is 4.14. The van der Waals surface area contributed by atoms with E-state index >= 15 is 0 Å². The second-order valence-electron chi connectivity index (χ2n) is 4.65. The second-order valence-corrected chi connectivity index (χ2v) is 5.06. The molecular weight excluding hydrogens is 250 g/mol. The van der Waals surface area contributed by atoms with Crippen LogP contribution in [0, 0.1) is 6.92 Å². The summed E-state index contributed by atoms with van der Waals surface area (Å²) >= 11 is 6.17. The first-order valence-electron chi connectivity index (χ1n) is 6.36. The van der Waals surface area contributed by atoms with Crippen LogP contribution in [0.1, 0.15) is 17.5 Å². The Morgan fingerprint density at radius 2 is 2.33 bits per heavy atom. The number of rotatable bonds is 4. The van der Waals surface area contributed by atoms with E-state index in [0.717, 1.165) is 54.4 Å². The van der Waals surface area contributed by atoms with E-state index in [4.69, 9.17) is 21.1 Å². The van der Waals surface area contributed by atoms with E-state index in [1.165, 1.54) is 0 Å². The van der Waals surface area contributed by atoms with Gasteiger partial charge in [0.2, 0.25) is 0 Å². The Morgan fingerprint density at radius 3 is 3.00 bits per heavy atom. The van der Waals surface area contributed by atoms with Gasteiger partial charge in [-0.1, -0.05) is 11.6 Å². The SMILES string of the molecule is COc1cc(C)c(Cl)cc1CCC1CNCCO1. The van der Waals surface area contributed by atoms with Crippen LogP contribution in [0.2, 0.25) is 5.02 Å². The minimum Gasteiger partial charge on any atom is -0.496 e. The van der Waals surface area contributed by atoms with Crippen molar-refractivity contribution in [3.8, 4) is 5.75 Å². The predicted molar refractivity (Wildman–Crippen MR) is 73.7 cm³/mol. The molecule has 1 aliphatic heterocycles. The molecule has 0 radical (unpaired) electrons. The third-order valence-corrected chi connectivity index (χ3v) is 3.71. The summed E-state index contributed by atoms with van der Waals surface area (Å²) in [5.41, 5.74) is 2.20. The molecule has 0 saturated carbocycles. The molecule has 1 heterocycles. The van der Waals surface area contributed by atoms with Crippen molar-refractivity contribution < 1.29 is 9.47 Å². The molecule has 0 aliphatic carbocycles. The lowest BCUT2D eigenvalue weighted by molar-refractivity contribution is 0.0238. The highest BCUT2D eigenvalue weighted by molar-refractivity contribution is 6.31. The molecule has 1 saturated heterocycles. The first kappa shape index (κ1) is 13.7. The van der Waals surface area contributed by atoms with Crippen LogP contribution in [-0.4, -0.2) is 32.9 Å². The van der Waals surface area contributed by atoms with E-state index in [1.807, 2.05) is 19.1 Å². The van der Waals surface area contributed by atoms with Crippen LogP contribution in [0.5, 0.6) is 5.75 Å². The molecule has 1 fully saturated rings. The number of hydrogen-bond acceptors (Lipinski definition) is 3. The van der Waals surface area contributed by atoms with Crippen LogP contribution in [0.25, 0.3) is 0 Å². The number of benzene rings is 1. The number of ether oxygens (including phenoxy) is 2. The predicted octanol–water partition coefficient (Wildman–Crippen LogP) is 2.58. The van der Waals surface area contributed by atoms with Crippen molar-refractivity contribution in [3.05, 3.63) is 28.3 Å². The summed E-state index contributed by atoms with van der Waals surface area (Å²) in [4.78, 5) is 0. The van der Waals surface area contributed by atoms with Crippen molar-refractivity contribution in [1.82, 2.24) is 5.32 Å². The largest absolute Gasteiger partial charge is 0.496 e. The molecule has 1 aromatic carbocycles. The molecule has 18 heavy (non-hydrogen) atoms. The third kappa shape index (κ3) is 3.37. The van der Waals surface area contributed by atoms with Gasteiger partial charge in [0.15, 0.2) is 0 Å². The van der Waals surface area contributed by atoms with Crippen LogP contribution >= 0.6 is 11.6 Å². The van der Waals surface area contributed by atoms with Crippen molar-refractivity contribution >= 4 is 11.6 Å². The number of aryl methyl sites for hydroxylation is 2. The maximum Gasteiger partial charge on any atom is 0.122 e. The smallest absolute Gasteiger partial charge is 0.122 e. The van der Waals surface area contributed by atoms with E-state index in [0.29, 0.717) is 6.10 Å². The van der Waals surface area contributed by atoms with E-state index in [1.54, 1.807) is 7.11 Å². The lowest BCUT2D eigenvalue weighted by atomic mass is 10.0. The molecule has 1 aromatic rings. The number of halogens is 1. The molecule has 100 valence electrons. The van der Waals surface area contributed by atoms with Crippen molar-refractivity contribution in [2.45, 2.75) is 25.9 Å². The third-order valence-electron chi connectivity index (χ3n) is 3.30. The second kappa shape index (κ2) is 6.41. The van der Waals surface area contributed by atoms with Gasteiger partial charge in [0, 0.05) is 18.1 Å². The van der Waals surface area contributed by atoms with Gasteiger partial charge in [-0.2, -0.15) is 0 Å². The number of nitrogens with one attached hydrogen (secondary N) is 1. The topological polar surface area (TPSA) is 30.5 Å². The standard InChI is InChI=1S/C14H20ClNO2/c1-10-7-14(17-2)11(8-13(10)15)3-4-12-9-16-5-6-18-12/h7-8,12,16H,3-6,9H2,1-2H3. The Bertz CT molecular complexity index is 403. The van der Waals surface area contributed by atoms with Crippen molar-refractivity contribution in [2.75, 3.05) is 26.8 Å². The fourth-order valence-electron chi connectivity index (χ4n) is 2.20. The molecular formula is C14H20ClNO2. The summed E-state index contributed by atoms with van der Waals surface area (Å²) in [6, 6.07) is 4.00. The molecule has 3 nitrogen and oxygen atoms in total. The minimum atomic E-state index is 0.295. The van der Waals surface area contributed by atoms with Crippen LogP contribution in [0.15, 0.2) is 12.1 Å². The van der Waals surface area contributed by atoms with Crippen LogP contribution < -0.4 is 10.1 Å². The average Bonchev–Trinajstić information content (AvgIpc) is 2.41. The monoisotopic (exact) mass is 269 g/mol. The molecule has 0 aromatic heterocycles. The first-order valence-corrected chi connectivity index (χ1v) is 6.74. The Labute approximate surface area is 113 Å². The van der Waals surface area contributed by atoms with Gasteiger partial charge in [-0.25, -0.2) is 0 Å². The molecule has 1 N–H and O–H groups in total. The van der Waals surface area contributed by atoms with Gasteiger partial charge < -0.3 is 14.8 Å². The van der Waals surface area contributed by atoms with Crippen molar-refractivity contribution in [3.63, 3.8) is 0 Å². The number of morpholine rings is 1. The van der Waals surface area contributed by atoms with Gasteiger partial charge >= 0.3 is 0 Å². The lowest BCUT2D eigenvalue weighted by Crippen LogP contribution is -2.38. The summed E-state index contributed by atoms with van der Waals surface area (Å²) in [6.45, 7) is 4.68. The minimum absolute atomic E-state index is 0.295. The summed E-state index contributed by atoms with van der Waals surface area (Å²) in [7, 11) is 1.70. The van der Waals surface area contributed by atoms with Crippen LogP contribution in [-0.2, 0) is 11.2 Å². The zero-order valence-electron chi connectivity index (χ0n) is 11.0. The summed E-state index contributed by atoms with van der Waals surface area (Å²) < 4.78 is 11.1. The molecule has 0 amide bonds. The van der Waals surface area contributed by atoms with Crippen molar-refractivity contribution in [1.29, 1.82) is 0 Å². The Balaban J connectivity index is 2.01. The van der Waals surface area contributed by atoms with Gasteiger partial charge in [-0.3, -0.25) is 0 Å². The highest BCUT2D eigenvalue weighted by Gasteiger charge is 2.15.